The van der Waals surface area contributed by atoms with Crippen LogP contribution in [0.25, 0.3) is 28.2 Å². The number of nitrogens with zero attached hydrogens (tertiary/aromatic N) is 7. The molecular formula is C21H15FN8O. The molecule has 0 saturated heterocycles. The van der Waals surface area contributed by atoms with E-state index >= 15 is 0 Å². The van der Waals surface area contributed by atoms with Crippen LogP contribution in [-0.4, -0.2) is 40.3 Å². The molecule has 0 spiro atoms. The lowest BCUT2D eigenvalue weighted by molar-refractivity contribution is 0.101. The number of anilines is 1. The highest BCUT2D eigenvalue weighted by molar-refractivity contribution is 6.01. The Labute approximate surface area is 175 Å². The molecule has 31 heavy (non-hydrogen) atoms. The molecule has 0 fully saturated rings. The zero-order valence-electron chi connectivity index (χ0n) is 16.3. The Morgan fingerprint density at radius 1 is 1.00 bits per heavy atom. The van der Waals surface area contributed by atoms with Gasteiger partial charge in [0.2, 0.25) is 5.82 Å². The number of imidazole rings is 1. The van der Waals surface area contributed by atoms with Crippen molar-refractivity contribution in [3.63, 3.8) is 0 Å². The third kappa shape index (κ3) is 3.62. The van der Waals surface area contributed by atoms with Gasteiger partial charge in [0.25, 0.3) is 5.91 Å². The number of benzene rings is 1. The number of fused-ring (bicyclic) bond motifs is 1. The predicted molar refractivity (Wildman–Crippen MR) is 111 cm³/mol. The van der Waals surface area contributed by atoms with Crippen LogP contribution in [0.3, 0.4) is 0 Å². The first-order valence-corrected chi connectivity index (χ1v) is 9.31. The Morgan fingerprint density at radius 3 is 2.55 bits per heavy atom. The number of hydrogen-bond acceptors (Lipinski definition) is 6. The van der Waals surface area contributed by atoms with Crippen molar-refractivity contribution in [1.29, 1.82) is 0 Å². The van der Waals surface area contributed by atoms with Gasteiger partial charge < -0.3 is 5.32 Å². The first kappa shape index (κ1) is 18.6. The number of hydrogen-bond donors (Lipinski definition) is 1. The zero-order valence-corrected chi connectivity index (χ0v) is 16.3. The maximum Gasteiger partial charge on any atom is 0.294 e. The van der Waals surface area contributed by atoms with E-state index in [1.807, 2.05) is 19.3 Å². The summed E-state index contributed by atoms with van der Waals surface area (Å²) in [5.74, 6) is -0.399. The van der Waals surface area contributed by atoms with Crippen molar-refractivity contribution < 1.29 is 9.18 Å². The summed E-state index contributed by atoms with van der Waals surface area (Å²) >= 11 is 0. The molecule has 5 aromatic rings. The summed E-state index contributed by atoms with van der Waals surface area (Å²) in [6.07, 6.45) is 6.44. The smallest absolute Gasteiger partial charge is 0.294 e. The van der Waals surface area contributed by atoms with Crippen LogP contribution in [-0.2, 0) is 7.05 Å². The lowest BCUT2D eigenvalue weighted by atomic mass is 10.1. The van der Waals surface area contributed by atoms with E-state index in [4.69, 9.17) is 0 Å². The van der Waals surface area contributed by atoms with Gasteiger partial charge in [0.15, 0.2) is 11.5 Å². The van der Waals surface area contributed by atoms with Crippen LogP contribution in [0.15, 0.2) is 67.3 Å². The second kappa shape index (κ2) is 7.41. The number of carbonyl (C=O) groups is 1. The van der Waals surface area contributed by atoms with Gasteiger partial charge in [-0.05, 0) is 42.5 Å². The van der Waals surface area contributed by atoms with Crippen molar-refractivity contribution in [2.45, 2.75) is 0 Å². The number of nitrogens with one attached hydrogen (secondary N) is 1. The minimum absolute atomic E-state index is 0.0486. The summed E-state index contributed by atoms with van der Waals surface area (Å²) in [6.45, 7) is 0. The van der Waals surface area contributed by atoms with Crippen LogP contribution in [0, 0.1) is 5.82 Å². The summed E-state index contributed by atoms with van der Waals surface area (Å²) < 4.78 is 16.6. The van der Waals surface area contributed by atoms with E-state index < -0.39 is 5.91 Å². The van der Waals surface area contributed by atoms with Crippen LogP contribution in [0.4, 0.5) is 10.2 Å². The van der Waals surface area contributed by atoms with Crippen molar-refractivity contribution in [2.75, 3.05) is 5.32 Å². The topological polar surface area (TPSA) is 103 Å². The van der Waals surface area contributed by atoms with Gasteiger partial charge in [-0.1, -0.05) is 0 Å². The lowest BCUT2D eigenvalue weighted by Gasteiger charge is -2.03. The van der Waals surface area contributed by atoms with Gasteiger partial charge in [0.05, 0.1) is 11.9 Å². The molecule has 1 amide bonds. The standard InChI is InChI=1S/C21H15FN8O/c1-29-11-15(19(28-29)13-3-5-14(22)6-4-13)16-7-8-18-25-17(12-30(18)27-16)26-21(31)20-23-9-2-10-24-20/h2-12H,1H3,(H,26,31). The maximum atomic E-state index is 13.3. The Balaban J connectivity index is 1.49. The van der Waals surface area contributed by atoms with Gasteiger partial charge in [-0.2, -0.15) is 10.2 Å². The Hall–Kier alpha value is -4.47. The third-order valence-electron chi connectivity index (χ3n) is 4.55. The van der Waals surface area contributed by atoms with Crippen molar-refractivity contribution in [1.82, 2.24) is 34.3 Å². The summed E-state index contributed by atoms with van der Waals surface area (Å²) in [6, 6.07) is 11.4. The van der Waals surface area contributed by atoms with E-state index in [2.05, 4.69) is 30.5 Å². The first-order chi connectivity index (χ1) is 15.1. The second-order valence-electron chi connectivity index (χ2n) is 6.75. The molecule has 10 heteroatoms. The number of amides is 1. The molecule has 9 nitrogen and oxygen atoms in total. The van der Waals surface area contributed by atoms with Gasteiger partial charge in [-0.3, -0.25) is 9.48 Å². The predicted octanol–water partition coefficient (Wildman–Crippen LogP) is 2.98. The Morgan fingerprint density at radius 2 is 1.77 bits per heavy atom. The number of aromatic nitrogens is 7. The van der Waals surface area contributed by atoms with Gasteiger partial charge in [-0.25, -0.2) is 23.9 Å². The first-order valence-electron chi connectivity index (χ1n) is 9.31. The summed E-state index contributed by atoms with van der Waals surface area (Å²) in [7, 11) is 1.81. The molecule has 1 N–H and O–H groups in total. The van der Waals surface area contributed by atoms with Gasteiger partial charge >= 0.3 is 0 Å². The van der Waals surface area contributed by atoms with Crippen LogP contribution in [0.1, 0.15) is 10.6 Å². The van der Waals surface area contributed by atoms with E-state index in [9.17, 15) is 9.18 Å². The highest BCUT2D eigenvalue weighted by atomic mass is 19.1. The van der Waals surface area contributed by atoms with E-state index in [1.54, 1.807) is 39.7 Å². The molecule has 0 unspecified atom stereocenters. The Kier molecular flexibility index (Phi) is 4.43. The number of halogens is 1. The maximum absolute atomic E-state index is 13.3. The molecule has 0 aliphatic rings. The van der Waals surface area contributed by atoms with Crippen molar-refractivity contribution in [2.24, 2.45) is 7.05 Å². The fourth-order valence-electron chi connectivity index (χ4n) is 3.17. The van der Waals surface area contributed by atoms with E-state index in [0.29, 0.717) is 22.9 Å². The fourth-order valence-corrected chi connectivity index (χ4v) is 3.17. The van der Waals surface area contributed by atoms with Gasteiger partial charge in [-0.15, -0.1) is 0 Å². The van der Waals surface area contributed by atoms with E-state index in [1.165, 1.54) is 24.5 Å². The third-order valence-corrected chi connectivity index (χ3v) is 4.55. The summed E-state index contributed by atoms with van der Waals surface area (Å²) in [5.41, 5.74) is 3.46. The molecule has 1 aromatic carbocycles. The molecule has 5 rings (SSSR count). The highest BCUT2D eigenvalue weighted by Gasteiger charge is 2.16. The van der Waals surface area contributed by atoms with Crippen LogP contribution >= 0.6 is 0 Å². The lowest BCUT2D eigenvalue weighted by Crippen LogP contribution is -2.15. The molecule has 0 saturated carbocycles. The average molecular weight is 414 g/mol. The normalized spacial score (nSPS) is 11.0. The van der Waals surface area contributed by atoms with Gasteiger partial charge in [0, 0.05) is 36.8 Å². The largest absolute Gasteiger partial charge is 0.302 e. The van der Waals surface area contributed by atoms with Crippen LogP contribution in [0.2, 0.25) is 0 Å². The summed E-state index contributed by atoms with van der Waals surface area (Å²) in [5, 5.41) is 11.8. The second-order valence-corrected chi connectivity index (χ2v) is 6.75. The molecule has 0 bridgehead atoms. The number of carbonyl (C=O) groups excluding carboxylic acids is 1. The zero-order chi connectivity index (χ0) is 21.4. The molecule has 4 heterocycles. The number of aryl methyl sites for hydroxylation is 1. The molecule has 4 aromatic heterocycles. The van der Waals surface area contributed by atoms with Gasteiger partial charge in [0.1, 0.15) is 11.5 Å². The molecule has 0 aliphatic heterocycles. The van der Waals surface area contributed by atoms with E-state index in [0.717, 1.165) is 11.1 Å². The fraction of sp³-hybridized carbons (Fsp3) is 0.0476. The molecule has 0 aliphatic carbocycles. The molecule has 0 atom stereocenters. The minimum atomic E-state index is -0.463. The molecular weight excluding hydrogens is 399 g/mol. The average Bonchev–Trinajstić information content (AvgIpc) is 3.37. The SMILES string of the molecule is Cn1cc(-c2ccc3nc(NC(=O)c4ncccn4)cn3n2)c(-c2ccc(F)cc2)n1. The molecule has 0 radical (unpaired) electrons. The van der Waals surface area contributed by atoms with Crippen molar-refractivity contribution in [3.8, 4) is 22.5 Å². The van der Waals surface area contributed by atoms with Crippen LogP contribution < -0.4 is 5.32 Å². The monoisotopic (exact) mass is 414 g/mol. The minimum Gasteiger partial charge on any atom is -0.302 e. The Bertz CT molecular complexity index is 1390. The van der Waals surface area contributed by atoms with E-state index in [-0.39, 0.29) is 11.6 Å². The van der Waals surface area contributed by atoms with Crippen molar-refractivity contribution >= 4 is 17.4 Å². The van der Waals surface area contributed by atoms with Crippen molar-refractivity contribution in [3.05, 3.63) is 78.9 Å². The van der Waals surface area contributed by atoms with Crippen LogP contribution in [0.5, 0.6) is 0 Å². The number of rotatable bonds is 4. The highest BCUT2D eigenvalue weighted by Crippen LogP contribution is 2.30. The molecule has 152 valence electrons. The summed E-state index contributed by atoms with van der Waals surface area (Å²) in [4.78, 5) is 24.5. The quantitative estimate of drug-likeness (QED) is 0.485.